The molecule has 0 unspecified atom stereocenters. The molecule has 1 aromatic heterocycles. The first-order valence-corrected chi connectivity index (χ1v) is 6.61. The highest BCUT2D eigenvalue weighted by molar-refractivity contribution is 5.88. The third-order valence-electron chi connectivity index (χ3n) is 3.14. The highest BCUT2D eigenvalue weighted by Crippen LogP contribution is 2.22. The Bertz CT molecular complexity index is 455. The van der Waals surface area contributed by atoms with E-state index in [0.717, 1.165) is 30.9 Å². The van der Waals surface area contributed by atoms with E-state index in [0.29, 0.717) is 12.3 Å². The Morgan fingerprint density at radius 3 is 2.78 bits per heavy atom. The number of rotatable bonds is 2. The van der Waals surface area contributed by atoms with E-state index >= 15 is 0 Å². The van der Waals surface area contributed by atoms with Crippen molar-refractivity contribution in [3.8, 4) is 0 Å². The Labute approximate surface area is 108 Å². The van der Waals surface area contributed by atoms with Crippen LogP contribution in [0.2, 0.25) is 0 Å². The summed E-state index contributed by atoms with van der Waals surface area (Å²) in [5.41, 5.74) is 1.57. The van der Waals surface area contributed by atoms with Gasteiger partial charge in [0, 0.05) is 6.54 Å². The smallest absolute Gasteiger partial charge is 0.358 e. The van der Waals surface area contributed by atoms with Crippen LogP contribution in [0.25, 0.3) is 0 Å². The number of hydrogen-bond acceptors (Lipinski definition) is 3. The van der Waals surface area contributed by atoms with Crippen molar-refractivity contribution in [1.29, 1.82) is 0 Å². The first kappa shape index (κ1) is 13.1. The summed E-state index contributed by atoms with van der Waals surface area (Å²) in [6.07, 6.45) is 3.23. The van der Waals surface area contributed by atoms with E-state index in [9.17, 15) is 4.79 Å². The van der Waals surface area contributed by atoms with Crippen LogP contribution in [0, 0.1) is 12.3 Å². The van der Waals surface area contributed by atoms with Gasteiger partial charge in [0.05, 0.1) is 12.3 Å². The van der Waals surface area contributed by atoms with E-state index in [-0.39, 0.29) is 11.4 Å². The zero-order valence-corrected chi connectivity index (χ0v) is 11.7. The molecular weight excluding hydrogens is 228 g/mol. The summed E-state index contributed by atoms with van der Waals surface area (Å²) >= 11 is 0. The van der Waals surface area contributed by atoms with E-state index in [1.807, 2.05) is 27.7 Å². The van der Waals surface area contributed by atoms with Crippen LogP contribution in [0.4, 0.5) is 0 Å². The van der Waals surface area contributed by atoms with Crippen molar-refractivity contribution in [2.45, 2.75) is 53.5 Å². The molecule has 0 aliphatic carbocycles. The van der Waals surface area contributed by atoms with E-state index < -0.39 is 0 Å². The molecule has 0 aromatic carbocycles. The quantitative estimate of drug-likeness (QED) is 0.758. The summed E-state index contributed by atoms with van der Waals surface area (Å²) in [5.74, 6) is 0.649. The third-order valence-corrected chi connectivity index (χ3v) is 3.14. The van der Waals surface area contributed by atoms with Gasteiger partial charge in [0.2, 0.25) is 0 Å². The predicted octanol–water partition coefficient (Wildman–Crippen LogP) is 2.73. The molecular formula is C14H22N2O2. The first-order valence-electron chi connectivity index (χ1n) is 6.61. The number of aryl methyl sites for hydroxylation is 1. The zero-order chi connectivity index (χ0) is 13.3. The largest absolute Gasteiger partial charge is 0.460 e. The van der Waals surface area contributed by atoms with Crippen LogP contribution in [0.1, 0.15) is 55.6 Å². The summed E-state index contributed by atoms with van der Waals surface area (Å²) in [7, 11) is 0. The number of aromatic nitrogens is 2. The van der Waals surface area contributed by atoms with E-state index in [4.69, 9.17) is 4.74 Å². The molecule has 0 bridgehead atoms. The lowest BCUT2D eigenvalue weighted by atomic mass is 9.99. The van der Waals surface area contributed by atoms with Gasteiger partial charge in [-0.2, -0.15) is 0 Å². The second-order valence-corrected chi connectivity index (χ2v) is 6.20. The van der Waals surface area contributed by atoms with Gasteiger partial charge in [0.1, 0.15) is 5.82 Å². The Balaban J connectivity index is 2.16. The molecule has 1 aliphatic rings. The van der Waals surface area contributed by atoms with E-state index in [2.05, 4.69) is 9.55 Å². The molecule has 4 nitrogen and oxygen atoms in total. The summed E-state index contributed by atoms with van der Waals surface area (Å²) in [4.78, 5) is 16.5. The van der Waals surface area contributed by atoms with Crippen LogP contribution in [0.3, 0.4) is 0 Å². The number of carbonyl (C=O) groups excluding carboxylic acids is 1. The Morgan fingerprint density at radius 2 is 2.11 bits per heavy atom. The van der Waals surface area contributed by atoms with Crippen molar-refractivity contribution in [3.05, 3.63) is 17.2 Å². The fraction of sp³-hybridized carbons (Fsp3) is 0.714. The maximum atomic E-state index is 12.1. The maximum Gasteiger partial charge on any atom is 0.358 e. The minimum Gasteiger partial charge on any atom is -0.460 e. The summed E-state index contributed by atoms with van der Waals surface area (Å²) in [5, 5.41) is 0. The van der Waals surface area contributed by atoms with Crippen molar-refractivity contribution in [2.24, 2.45) is 5.41 Å². The third kappa shape index (κ3) is 2.74. The molecule has 0 saturated heterocycles. The number of ether oxygens (including phenoxy) is 1. The number of esters is 1. The SMILES string of the molecule is Cc1nc(C(=O)OCC(C)(C)C)c2n1CCCC2. The molecule has 100 valence electrons. The van der Waals surface area contributed by atoms with Crippen LogP contribution in [0.15, 0.2) is 0 Å². The van der Waals surface area contributed by atoms with Gasteiger partial charge in [-0.25, -0.2) is 9.78 Å². The highest BCUT2D eigenvalue weighted by Gasteiger charge is 2.24. The molecule has 0 amide bonds. The number of fused-ring (bicyclic) bond motifs is 1. The van der Waals surface area contributed by atoms with Crippen molar-refractivity contribution >= 4 is 5.97 Å². The lowest BCUT2D eigenvalue weighted by Gasteiger charge is -2.18. The second kappa shape index (κ2) is 4.75. The molecule has 0 N–H and O–H groups in total. The normalized spacial score (nSPS) is 15.3. The topological polar surface area (TPSA) is 44.1 Å². The fourth-order valence-electron chi connectivity index (χ4n) is 2.24. The maximum absolute atomic E-state index is 12.1. The summed E-state index contributed by atoms with van der Waals surface area (Å²) in [6, 6.07) is 0. The summed E-state index contributed by atoms with van der Waals surface area (Å²) < 4.78 is 7.51. The number of carbonyl (C=O) groups is 1. The Kier molecular flexibility index (Phi) is 3.46. The van der Waals surface area contributed by atoms with Gasteiger partial charge in [0.15, 0.2) is 5.69 Å². The number of imidazole rings is 1. The summed E-state index contributed by atoms with van der Waals surface area (Å²) in [6.45, 7) is 9.50. The molecule has 0 atom stereocenters. The van der Waals surface area contributed by atoms with Gasteiger partial charge >= 0.3 is 5.97 Å². The molecule has 2 rings (SSSR count). The van der Waals surface area contributed by atoms with Crippen molar-refractivity contribution < 1.29 is 9.53 Å². The van der Waals surface area contributed by atoms with Crippen molar-refractivity contribution in [1.82, 2.24) is 9.55 Å². The standard InChI is InChI=1S/C14H22N2O2/c1-10-15-12(11-7-5-6-8-16(10)11)13(17)18-9-14(2,3)4/h5-9H2,1-4H3. The predicted molar refractivity (Wildman–Crippen MR) is 69.6 cm³/mol. The molecule has 0 radical (unpaired) electrons. The highest BCUT2D eigenvalue weighted by atomic mass is 16.5. The van der Waals surface area contributed by atoms with Crippen LogP contribution < -0.4 is 0 Å². The van der Waals surface area contributed by atoms with Gasteiger partial charge < -0.3 is 9.30 Å². The lowest BCUT2D eigenvalue weighted by molar-refractivity contribution is 0.0359. The molecule has 1 aliphatic heterocycles. The average molecular weight is 250 g/mol. The molecule has 2 heterocycles. The second-order valence-electron chi connectivity index (χ2n) is 6.20. The Morgan fingerprint density at radius 1 is 1.39 bits per heavy atom. The number of hydrogen-bond donors (Lipinski definition) is 0. The Hall–Kier alpha value is -1.32. The van der Waals surface area contributed by atoms with E-state index in [1.165, 1.54) is 6.42 Å². The fourth-order valence-corrected chi connectivity index (χ4v) is 2.24. The monoisotopic (exact) mass is 250 g/mol. The van der Waals surface area contributed by atoms with Crippen molar-refractivity contribution in [3.63, 3.8) is 0 Å². The van der Waals surface area contributed by atoms with Crippen LogP contribution >= 0.6 is 0 Å². The van der Waals surface area contributed by atoms with Gasteiger partial charge in [-0.05, 0) is 31.6 Å². The first-order chi connectivity index (χ1) is 8.38. The number of nitrogens with zero attached hydrogens (tertiary/aromatic N) is 2. The average Bonchev–Trinajstić information content (AvgIpc) is 2.64. The molecule has 0 saturated carbocycles. The van der Waals surface area contributed by atoms with Gasteiger partial charge in [-0.1, -0.05) is 20.8 Å². The van der Waals surface area contributed by atoms with Gasteiger partial charge in [-0.3, -0.25) is 0 Å². The lowest BCUT2D eigenvalue weighted by Crippen LogP contribution is -2.20. The molecule has 0 spiro atoms. The van der Waals surface area contributed by atoms with Crippen LogP contribution in [0.5, 0.6) is 0 Å². The molecule has 0 fully saturated rings. The molecule has 18 heavy (non-hydrogen) atoms. The zero-order valence-electron chi connectivity index (χ0n) is 11.7. The van der Waals surface area contributed by atoms with Crippen LogP contribution in [-0.4, -0.2) is 22.1 Å². The van der Waals surface area contributed by atoms with Gasteiger partial charge in [0.25, 0.3) is 0 Å². The minimum absolute atomic E-state index is 0.00942. The molecule has 1 aromatic rings. The van der Waals surface area contributed by atoms with Crippen LogP contribution in [-0.2, 0) is 17.7 Å². The van der Waals surface area contributed by atoms with Crippen molar-refractivity contribution in [2.75, 3.05) is 6.61 Å². The van der Waals surface area contributed by atoms with Gasteiger partial charge in [-0.15, -0.1) is 0 Å². The molecule has 4 heteroatoms. The minimum atomic E-state index is -0.274. The van der Waals surface area contributed by atoms with E-state index in [1.54, 1.807) is 0 Å².